The first-order valence-corrected chi connectivity index (χ1v) is 10.5. The summed E-state index contributed by atoms with van der Waals surface area (Å²) in [4.78, 5) is 20.7. The Morgan fingerprint density at radius 3 is 2.79 bits per heavy atom. The molecular formula is C22H20FN9O2. The summed E-state index contributed by atoms with van der Waals surface area (Å²) in [6.07, 6.45) is 3.37. The first-order chi connectivity index (χ1) is 16.3. The maximum Gasteiger partial charge on any atom is 0.326 e. The minimum atomic E-state index is -0.882. The average molecular weight is 461 g/mol. The number of nitrogens with one attached hydrogen (secondary N) is 2. The van der Waals surface area contributed by atoms with Gasteiger partial charge in [0, 0.05) is 11.6 Å². The lowest BCUT2D eigenvalue weighted by atomic mass is 9.92. The van der Waals surface area contributed by atoms with Gasteiger partial charge >= 0.3 is 6.03 Å². The second-order valence-corrected chi connectivity index (χ2v) is 8.57. The quantitative estimate of drug-likeness (QED) is 0.402. The molecule has 12 heteroatoms. The molecule has 3 heterocycles. The lowest BCUT2D eigenvalue weighted by molar-refractivity contribution is 0.261. The molecule has 0 aliphatic heterocycles. The molecule has 11 nitrogen and oxygen atoms in total. The van der Waals surface area contributed by atoms with Crippen LogP contribution in [0.4, 0.5) is 26.6 Å². The van der Waals surface area contributed by atoms with Crippen LogP contribution in [0.15, 0.2) is 35.1 Å². The van der Waals surface area contributed by atoms with E-state index in [4.69, 9.17) is 10.3 Å². The number of nitrogens with two attached hydrogens (primary N) is 1. The van der Waals surface area contributed by atoms with Crippen molar-refractivity contribution < 1.29 is 13.7 Å². The van der Waals surface area contributed by atoms with E-state index in [1.165, 1.54) is 24.5 Å². The molecule has 0 unspecified atom stereocenters. The molecule has 1 aliphatic rings. The molecule has 5 rings (SSSR count). The van der Waals surface area contributed by atoms with Crippen LogP contribution in [0.5, 0.6) is 0 Å². The predicted molar refractivity (Wildman–Crippen MR) is 121 cm³/mol. The number of nitriles is 1. The molecule has 172 valence electrons. The van der Waals surface area contributed by atoms with Crippen molar-refractivity contribution in [3.05, 3.63) is 42.1 Å². The molecule has 0 saturated heterocycles. The summed E-state index contributed by atoms with van der Waals surface area (Å²) in [7, 11) is 0. The minimum Gasteiger partial charge on any atom is -0.383 e. The van der Waals surface area contributed by atoms with E-state index in [-0.39, 0.29) is 23.4 Å². The summed E-state index contributed by atoms with van der Waals surface area (Å²) in [5, 5.41) is 23.0. The summed E-state index contributed by atoms with van der Waals surface area (Å²) in [6.45, 7) is 3.34. The van der Waals surface area contributed by atoms with E-state index in [1.54, 1.807) is 24.6 Å². The highest BCUT2D eigenvalue weighted by molar-refractivity contribution is 6.00. The van der Waals surface area contributed by atoms with E-state index >= 15 is 0 Å². The fraction of sp³-hybridized carbons (Fsp3) is 0.273. The fourth-order valence-electron chi connectivity index (χ4n) is 3.49. The van der Waals surface area contributed by atoms with Crippen LogP contribution in [0.1, 0.15) is 38.4 Å². The zero-order valence-corrected chi connectivity index (χ0v) is 18.3. The van der Waals surface area contributed by atoms with Crippen LogP contribution in [0.3, 0.4) is 0 Å². The second kappa shape index (κ2) is 7.80. The van der Waals surface area contributed by atoms with Gasteiger partial charge < -0.3 is 15.6 Å². The SMILES string of the molecule is CC(C)(C#N)c1cc(NC(=O)Nc2ccc(-c3nn(C4CC4)c4ncnc(N)c34)cc2F)on1. The third-order valence-electron chi connectivity index (χ3n) is 5.57. The number of amides is 2. The monoisotopic (exact) mass is 461 g/mol. The number of carbonyl (C=O) groups excluding carboxylic acids is 1. The number of hydrogen-bond donors (Lipinski definition) is 3. The zero-order chi connectivity index (χ0) is 24.0. The summed E-state index contributed by atoms with van der Waals surface area (Å²) >= 11 is 0. The Morgan fingerprint density at radius 1 is 1.29 bits per heavy atom. The van der Waals surface area contributed by atoms with Crippen molar-refractivity contribution in [2.24, 2.45) is 0 Å². The number of carbonyl (C=O) groups is 1. The number of hydrogen-bond acceptors (Lipinski definition) is 8. The Morgan fingerprint density at radius 2 is 2.09 bits per heavy atom. The normalized spacial score (nSPS) is 13.6. The zero-order valence-electron chi connectivity index (χ0n) is 18.3. The summed E-state index contributed by atoms with van der Waals surface area (Å²) in [6, 6.07) is 7.37. The number of fused-ring (bicyclic) bond motifs is 1. The molecule has 2 amide bonds. The van der Waals surface area contributed by atoms with E-state index in [0.717, 1.165) is 12.8 Å². The van der Waals surface area contributed by atoms with Crippen molar-refractivity contribution >= 4 is 34.5 Å². The number of benzene rings is 1. The molecule has 1 saturated carbocycles. The van der Waals surface area contributed by atoms with Gasteiger partial charge in [-0.15, -0.1) is 0 Å². The first kappa shape index (κ1) is 21.3. The number of nitrogen functional groups attached to an aromatic ring is 1. The molecule has 0 bridgehead atoms. The highest BCUT2D eigenvalue weighted by atomic mass is 19.1. The van der Waals surface area contributed by atoms with Gasteiger partial charge in [0.1, 0.15) is 29.4 Å². The fourth-order valence-corrected chi connectivity index (χ4v) is 3.49. The van der Waals surface area contributed by atoms with Gasteiger partial charge in [-0.3, -0.25) is 5.32 Å². The number of halogens is 1. The van der Waals surface area contributed by atoms with Gasteiger partial charge in [0.05, 0.1) is 28.6 Å². The van der Waals surface area contributed by atoms with E-state index in [2.05, 4.69) is 36.9 Å². The van der Waals surface area contributed by atoms with E-state index in [0.29, 0.717) is 28.0 Å². The molecule has 4 aromatic rings. The van der Waals surface area contributed by atoms with Crippen LogP contribution >= 0.6 is 0 Å². The largest absolute Gasteiger partial charge is 0.383 e. The smallest absolute Gasteiger partial charge is 0.326 e. The van der Waals surface area contributed by atoms with E-state index in [1.807, 2.05) is 0 Å². The standard InChI is InChI=1S/C22H20FN9O2/c1-22(2,9-24)15-8-16(34-31-15)29-21(33)28-14-6-3-11(7-13(14)23)18-17-19(25)26-10-27-20(17)32(30-18)12-4-5-12/h3,6-8,10,12H,4-5H2,1-2H3,(H2,25,26,27)(H2,28,29,33). The molecule has 34 heavy (non-hydrogen) atoms. The van der Waals surface area contributed by atoms with Gasteiger partial charge in [-0.05, 0) is 38.8 Å². The first-order valence-electron chi connectivity index (χ1n) is 10.5. The van der Waals surface area contributed by atoms with Crippen LogP contribution in [0.25, 0.3) is 22.3 Å². The molecule has 0 radical (unpaired) electrons. The third kappa shape index (κ3) is 3.77. The maximum absolute atomic E-state index is 14.9. The predicted octanol–water partition coefficient (Wildman–Crippen LogP) is 3.98. The van der Waals surface area contributed by atoms with Gasteiger partial charge in [0.15, 0.2) is 5.65 Å². The summed E-state index contributed by atoms with van der Waals surface area (Å²) in [5.41, 5.74) is 7.08. The van der Waals surface area contributed by atoms with Crippen molar-refractivity contribution in [2.45, 2.75) is 38.1 Å². The Bertz CT molecular complexity index is 1460. The van der Waals surface area contributed by atoms with E-state index < -0.39 is 17.3 Å². The number of nitrogens with zero attached hydrogens (tertiary/aromatic N) is 6. The minimum absolute atomic E-state index is 0.0282. The van der Waals surface area contributed by atoms with Crippen molar-refractivity contribution in [3.8, 4) is 17.3 Å². The summed E-state index contributed by atoms with van der Waals surface area (Å²) in [5.74, 6) is -0.374. The van der Waals surface area contributed by atoms with Gasteiger partial charge in [0.25, 0.3) is 0 Å². The van der Waals surface area contributed by atoms with Crippen molar-refractivity contribution in [1.29, 1.82) is 5.26 Å². The molecule has 1 aliphatic carbocycles. The van der Waals surface area contributed by atoms with Gasteiger partial charge in [-0.1, -0.05) is 11.2 Å². The Labute approximate surface area is 192 Å². The Hall–Kier alpha value is -4.53. The number of anilines is 3. The topological polar surface area (TPSA) is 161 Å². The molecular weight excluding hydrogens is 441 g/mol. The van der Waals surface area contributed by atoms with Crippen LogP contribution < -0.4 is 16.4 Å². The summed E-state index contributed by atoms with van der Waals surface area (Å²) < 4.78 is 21.8. The number of rotatable bonds is 5. The van der Waals surface area contributed by atoms with Gasteiger partial charge in [-0.25, -0.2) is 23.8 Å². The molecule has 1 fully saturated rings. The lowest BCUT2D eigenvalue weighted by Crippen LogP contribution is -2.20. The molecule has 4 N–H and O–H groups in total. The van der Waals surface area contributed by atoms with Crippen molar-refractivity contribution in [3.63, 3.8) is 0 Å². The van der Waals surface area contributed by atoms with Gasteiger partial charge in [0.2, 0.25) is 5.88 Å². The second-order valence-electron chi connectivity index (χ2n) is 8.57. The lowest BCUT2D eigenvalue weighted by Gasteiger charge is -2.09. The Kier molecular flexibility index (Phi) is 4.89. The average Bonchev–Trinajstić information content (AvgIpc) is 3.40. The Balaban J connectivity index is 1.37. The molecule has 0 spiro atoms. The number of urea groups is 1. The number of aromatic nitrogens is 5. The highest BCUT2D eigenvalue weighted by Crippen LogP contribution is 2.40. The van der Waals surface area contributed by atoms with Crippen LogP contribution in [-0.4, -0.2) is 30.9 Å². The van der Waals surface area contributed by atoms with Crippen molar-refractivity contribution in [2.75, 3.05) is 16.4 Å². The van der Waals surface area contributed by atoms with Gasteiger partial charge in [-0.2, -0.15) is 10.4 Å². The highest BCUT2D eigenvalue weighted by Gasteiger charge is 2.29. The maximum atomic E-state index is 14.9. The molecule has 1 aromatic carbocycles. The van der Waals surface area contributed by atoms with Crippen LogP contribution in [0, 0.1) is 17.1 Å². The van der Waals surface area contributed by atoms with Crippen LogP contribution in [0.2, 0.25) is 0 Å². The van der Waals surface area contributed by atoms with Crippen LogP contribution in [-0.2, 0) is 5.41 Å². The molecule has 0 atom stereocenters. The van der Waals surface area contributed by atoms with E-state index in [9.17, 15) is 14.4 Å². The molecule has 3 aromatic heterocycles. The van der Waals surface area contributed by atoms with Crippen molar-refractivity contribution in [1.82, 2.24) is 24.9 Å². The third-order valence-corrected chi connectivity index (χ3v) is 5.57.